The molecule has 1 N–H and O–H groups in total. The average molecular weight is 208 g/mol. The van der Waals surface area contributed by atoms with E-state index in [0.717, 1.165) is 12.8 Å². The molecular formula is C12H16O3. The van der Waals surface area contributed by atoms with Gasteiger partial charge >= 0.3 is 5.97 Å². The normalized spacial score (nSPS) is 32.9. The molecule has 0 amide bonds. The Kier molecular flexibility index (Phi) is 2.21. The zero-order valence-electron chi connectivity index (χ0n) is 9.06. The fourth-order valence-electron chi connectivity index (χ4n) is 2.21. The molecule has 3 heteroatoms. The van der Waals surface area contributed by atoms with Crippen molar-refractivity contribution >= 4 is 11.8 Å². The van der Waals surface area contributed by atoms with E-state index in [1.807, 2.05) is 13.8 Å². The van der Waals surface area contributed by atoms with Gasteiger partial charge in [0.25, 0.3) is 0 Å². The van der Waals surface area contributed by atoms with Gasteiger partial charge in [0.05, 0.1) is 5.92 Å². The van der Waals surface area contributed by atoms with Crippen molar-refractivity contribution in [3.63, 3.8) is 0 Å². The number of carboxylic acids is 1. The van der Waals surface area contributed by atoms with E-state index in [2.05, 4.69) is 0 Å². The van der Waals surface area contributed by atoms with E-state index >= 15 is 0 Å². The molecule has 2 rings (SSSR count). The smallest absolute Gasteiger partial charge is 0.307 e. The number of carbonyl (C=O) groups excluding carboxylic acids is 1. The molecule has 0 aromatic heterocycles. The summed E-state index contributed by atoms with van der Waals surface area (Å²) in [7, 11) is 0. The average Bonchev–Trinajstić information content (AvgIpc) is 2.96. The standard InChI is InChI=1S/C12H16O3/c1-12(2)8(10(12)11(14)15)5-6-9(13)7-3-4-7/h5-8,10H,3-4H2,1-2H3,(H,14,15)/b6-5-. The van der Waals surface area contributed by atoms with Crippen molar-refractivity contribution in [1.82, 2.24) is 0 Å². The molecule has 2 unspecified atom stereocenters. The minimum atomic E-state index is -0.756. The number of rotatable bonds is 4. The van der Waals surface area contributed by atoms with E-state index in [1.54, 1.807) is 12.2 Å². The van der Waals surface area contributed by atoms with Crippen LogP contribution in [0.5, 0.6) is 0 Å². The Balaban J connectivity index is 1.96. The summed E-state index contributed by atoms with van der Waals surface area (Å²) in [5.74, 6) is -0.653. The first-order valence-corrected chi connectivity index (χ1v) is 5.39. The first-order chi connectivity index (χ1) is 6.94. The molecule has 0 heterocycles. The number of hydrogen-bond acceptors (Lipinski definition) is 2. The summed E-state index contributed by atoms with van der Waals surface area (Å²) in [5, 5.41) is 8.93. The van der Waals surface area contributed by atoms with E-state index in [4.69, 9.17) is 5.11 Å². The second-order valence-electron chi connectivity index (χ2n) is 5.20. The maximum atomic E-state index is 11.4. The molecule has 2 fully saturated rings. The van der Waals surface area contributed by atoms with E-state index in [-0.39, 0.29) is 29.0 Å². The Morgan fingerprint density at radius 2 is 1.93 bits per heavy atom. The lowest BCUT2D eigenvalue weighted by Gasteiger charge is -1.96. The van der Waals surface area contributed by atoms with Crippen LogP contribution in [0.3, 0.4) is 0 Å². The van der Waals surface area contributed by atoms with Gasteiger partial charge in [-0.05, 0) is 30.3 Å². The van der Waals surface area contributed by atoms with Crippen LogP contribution in [0, 0.1) is 23.2 Å². The summed E-state index contributed by atoms with van der Waals surface area (Å²) in [5.41, 5.74) is -0.188. The van der Waals surface area contributed by atoms with Gasteiger partial charge < -0.3 is 5.11 Å². The van der Waals surface area contributed by atoms with Crippen LogP contribution in [-0.2, 0) is 9.59 Å². The topological polar surface area (TPSA) is 54.4 Å². The van der Waals surface area contributed by atoms with Gasteiger partial charge in [-0.2, -0.15) is 0 Å². The molecule has 2 aliphatic carbocycles. The van der Waals surface area contributed by atoms with Gasteiger partial charge in [0.15, 0.2) is 5.78 Å². The molecular weight excluding hydrogens is 192 g/mol. The monoisotopic (exact) mass is 208 g/mol. The molecule has 2 aliphatic rings. The quantitative estimate of drug-likeness (QED) is 0.718. The van der Waals surface area contributed by atoms with Crippen LogP contribution in [0.1, 0.15) is 26.7 Å². The fraction of sp³-hybridized carbons (Fsp3) is 0.667. The molecule has 15 heavy (non-hydrogen) atoms. The van der Waals surface area contributed by atoms with Crippen molar-refractivity contribution in [2.75, 3.05) is 0 Å². The summed E-state index contributed by atoms with van der Waals surface area (Å²) in [6.07, 6.45) is 5.38. The van der Waals surface area contributed by atoms with Crippen LogP contribution in [0.2, 0.25) is 0 Å². The second-order valence-corrected chi connectivity index (χ2v) is 5.20. The first kappa shape index (κ1) is 10.4. The van der Waals surface area contributed by atoms with Gasteiger partial charge in [-0.3, -0.25) is 9.59 Å². The Morgan fingerprint density at radius 3 is 2.33 bits per heavy atom. The lowest BCUT2D eigenvalue weighted by molar-refractivity contribution is -0.139. The Labute approximate surface area is 89.2 Å². The summed E-state index contributed by atoms with van der Waals surface area (Å²) in [4.78, 5) is 22.3. The number of carbonyl (C=O) groups is 2. The molecule has 2 atom stereocenters. The number of hydrogen-bond donors (Lipinski definition) is 1. The number of aliphatic carboxylic acids is 1. The van der Waals surface area contributed by atoms with E-state index in [0.29, 0.717) is 0 Å². The molecule has 0 aliphatic heterocycles. The van der Waals surface area contributed by atoms with Gasteiger partial charge in [0.2, 0.25) is 0 Å². The summed E-state index contributed by atoms with van der Waals surface area (Å²) in [6, 6.07) is 0. The van der Waals surface area contributed by atoms with Crippen molar-refractivity contribution in [2.45, 2.75) is 26.7 Å². The van der Waals surface area contributed by atoms with E-state index in [1.165, 1.54) is 0 Å². The molecule has 0 bridgehead atoms. The predicted octanol–water partition coefficient (Wildman–Crippen LogP) is 1.88. The highest BCUT2D eigenvalue weighted by atomic mass is 16.4. The van der Waals surface area contributed by atoms with Crippen LogP contribution in [0.4, 0.5) is 0 Å². The maximum Gasteiger partial charge on any atom is 0.307 e. The van der Waals surface area contributed by atoms with Crippen LogP contribution in [-0.4, -0.2) is 16.9 Å². The van der Waals surface area contributed by atoms with Crippen LogP contribution in [0.25, 0.3) is 0 Å². The molecule has 82 valence electrons. The van der Waals surface area contributed by atoms with Gasteiger partial charge in [-0.25, -0.2) is 0 Å². The van der Waals surface area contributed by atoms with Gasteiger partial charge in [0, 0.05) is 5.92 Å². The number of ketones is 1. The highest BCUT2D eigenvalue weighted by Crippen LogP contribution is 2.59. The lowest BCUT2D eigenvalue weighted by atomic mass is 10.1. The van der Waals surface area contributed by atoms with Gasteiger partial charge in [-0.1, -0.05) is 19.9 Å². The zero-order chi connectivity index (χ0) is 11.2. The third-order valence-corrected chi connectivity index (χ3v) is 3.62. The van der Waals surface area contributed by atoms with Crippen LogP contribution in [0.15, 0.2) is 12.2 Å². The predicted molar refractivity (Wildman–Crippen MR) is 55.3 cm³/mol. The van der Waals surface area contributed by atoms with Crippen molar-refractivity contribution in [2.24, 2.45) is 23.2 Å². The van der Waals surface area contributed by atoms with Gasteiger partial charge in [0.1, 0.15) is 0 Å². The largest absolute Gasteiger partial charge is 0.481 e. The molecule has 0 radical (unpaired) electrons. The highest BCUT2D eigenvalue weighted by molar-refractivity contribution is 5.93. The van der Waals surface area contributed by atoms with Crippen molar-refractivity contribution < 1.29 is 14.7 Å². The van der Waals surface area contributed by atoms with Crippen LogP contribution >= 0.6 is 0 Å². The maximum absolute atomic E-state index is 11.4. The molecule has 2 saturated carbocycles. The summed E-state index contributed by atoms with van der Waals surface area (Å²) in [6.45, 7) is 3.87. The lowest BCUT2D eigenvalue weighted by Crippen LogP contribution is -2.03. The Bertz CT molecular complexity index is 337. The van der Waals surface area contributed by atoms with Gasteiger partial charge in [-0.15, -0.1) is 0 Å². The van der Waals surface area contributed by atoms with Crippen molar-refractivity contribution in [3.05, 3.63) is 12.2 Å². The Hall–Kier alpha value is -1.12. The zero-order valence-corrected chi connectivity index (χ0v) is 9.06. The Morgan fingerprint density at radius 1 is 1.33 bits per heavy atom. The molecule has 0 saturated heterocycles. The molecule has 0 aromatic carbocycles. The minimum absolute atomic E-state index is 0.0256. The summed E-state index contributed by atoms with van der Waals surface area (Å²) >= 11 is 0. The van der Waals surface area contributed by atoms with Crippen molar-refractivity contribution in [3.8, 4) is 0 Å². The number of allylic oxidation sites excluding steroid dienone is 2. The highest BCUT2D eigenvalue weighted by Gasteiger charge is 2.60. The molecule has 0 aromatic rings. The van der Waals surface area contributed by atoms with E-state index < -0.39 is 5.97 Å². The summed E-state index contributed by atoms with van der Waals surface area (Å²) < 4.78 is 0. The van der Waals surface area contributed by atoms with E-state index in [9.17, 15) is 9.59 Å². The SMILES string of the molecule is CC1(C)C(/C=C\C(=O)C2CC2)C1C(=O)O. The van der Waals surface area contributed by atoms with Crippen LogP contribution < -0.4 is 0 Å². The fourth-order valence-corrected chi connectivity index (χ4v) is 2.21. The third kappa shape index (κ3) is 1.83. The molecule has 0 spiro atoms. The third-order valence-electron chi connectivity index (χ3n) is 3.62. The van der Waals surface area contributed by atoms with Crippen molar-refractivity contribution in [1.29, 1.82) is 0 Å². The number of carboxylic acid groups (broad SMARTS) is 1. The molecule has 3 nitrogen and oxygen atoms in total. The second kappa shape index (κ2) is 3.19. The first-order valence-electron chi connectivity index (χ1n) is 5.39. The minimum Gasteiger partial charge on any atom is -0.481 e.